The van der Waals surface area contributed by atoms with Gasteiger partial charge in [0.05, 0.1) is 10.6 Å². The third-order valence-corrected chi connectivity index (χ3v) is 14.6. The number of benzene rings is 3. The number of hydrogen-bond acceptors (Lipinski definition) is 10. The number of likely N-dealkylation sites (N-methyl/N-ethyl adjacent to an activating group) is 1. The summed E-state index contributed by atoms with van der Waals surface area (Å²) in [5.41, 5.74) is 3.73. The number of piperazine rings is 1. The molecule has 0 radical (unpaired) electrons. The van der Waals surface area contributed by atoms with E-state index in [9.17, 15) is 29.2 Å². The van der Waals surface area contributed by atoms with E-state index >= 15 is 0 Å². The molecule has 4 heterocycles. The van der Waals surface area contributed by atoms with Gasteiger partial charge in [-0.2, -0.15) is 5.26 Å². The van der Waals surface area contributed by atoms with Gasteiger partial charge < -0.3 is 29.7 Å². The highest BCUT2D eigenvalue weighted by atomic mass is 35.5. The quantitative estimate of drug-likeness (QED) is 0.163. The van der Waals surface area contributed by atoms with Crippen molar-refractivity contribution in [2.24, 2.45) is 10.8 Å². The highest BCUT2D eigenvalue weighted by Crippen LogP contribution is 2.55. The average molecular weight is 892 g/mol. The second-order valence-electron chi connectivity index (χ2n) is 19.2. The second-order valence-corrected chi connectivity index (χ2v) is 19.6. The molecule has 0 spiro atoms. The van der Waals surface area contributed by atoms with Gasteiger partial charge in [0, 0.05) is 105 Å². The van der Waals surface area contributed by atoms with Gasteiger partial charge in [-0.05, 0) is 98.8 Å². The molecule has 5 amide bonds. The number of carbonyl (C=O) groups is 5. The van der Waals surface area contributed by atoms with Crippen molar-refractivity contribution >= 4 is 52.5 Å². The molecule has 1 saturated carbocycles. The fraction of sp³-hybridized carbons (Fsp3) is 0.510. The van der Waals surface area contributed by atoms with E-state index in [4.69, 9.17) is 16.3 Å². The van der Waals surface area contributed by atoms with Crippen LogP contribution < -0.4 is 25.2 Å². The van der Waals surface area contributed by atoms with Crippen LogP contribution in [0.5, 0.6) is 5.75 Å². The third-order valence-electron chi connectivity index (χ3n) is 14.3. The van der Waals surface area contributed by atoms with Crippen molar-refractivity contribution < 1.29 is 28.7 Å². The average Bonchev–Trinajstić information content (AvgIpc) is 3.90. The standard InChI is InChI=1S/C49H59ClN8O6/c1-48(2)46(49(3,4)47(48)64-36-16-12-32(29-51)38(50)28-36)53-42(60)31-10-13-34(14-11-31)57-22-8-9-40(57)45(63)54(5)20-6-7-21-55-23-25-56(26-24-55)35-15-17-37-33(27-35)30-58(44(37)62)39-18-19-41(59)52-43(39)61/h10-17,27-28,39-40,46-47H,6-9,18-26,30H2,1-5H3,(H,53,60)(H,52,59,61)/t39?,40-,46?,47?/m0/s1. The van der Waals surface area contributed by atoms with Crippen molar-refractivity contribution in [2.45, 2.75) is 97.0 Å². The van der Waals surface area contributed by atoms with Crippen LogP contribution in [0.25, 0.3) is 0 Å². The first-order valence-electron chi connectivity index (χ1n) is 22.6. The topological polar surface area (TPSA) is 159 Å². The molecule has 338 valence electrons. The lowest BCUT2D eigenvalue weighted by Crippen LogP contribution is -2.74. The number of hydrogen-bond donors (Lipinski definition) is 2. The Bertz CT molecular complexity index is 2340. The Morgan fingerprint density at radius 1 is 0.906 bits per heavy atom. The number of unbranched alkanes of at least 4 members (excludes halogenated alkanes) is 1. The van der Waals surface area contributed by atoms with Crippen LogP contribution in [0.15, 0.2) is 60.7 Å². The molecule has 4 fully saturated rings. The molecule has 5 aliphatic rings. The van der Waals surface area contributed by atoms with Crippen LogP contribution in [-0.4, -0.2) is 121 Å². The molecule has 1 unspecified atom stereocenters. The maximum Gasteiger partial charge on any atom is 0.255 e. The molecule has 2 atom stereocenters. The molecule has 3 aromatic rings. The Hall–Kier alpha value is -5.65. The van der Waals surface area contributed by atoms with Crippen molar-refractivity contribution in [2.75, 3.05) is 62.7 Å². The Labute approximate surface area is 380 Å². The first-order valence-corrected chi connectivity index (χ1v) is 23.0. The molecule has 14 nitrogen and oxygen atoms in total. The fourth-order valence-electron chi connectivity index (χ4n) is 11.0. The molecule has 8 rings (SSSR count). The molecule has 3 aromatic carbocycles. The number of fused-ring (bicyclic) bond motifs is 1. The Morgan fingerprint density at radius 2 is 1.62 bits per heavy atom. The van der Waals surface area contributed by atoms with Gasteiger partial charge in [0.15, 0.2) is 0 Å². The van der Waals surface area contributed by atoms with Crippen LogP contribution in [0.3, 0.4) is 0 Å². The Balaban J connectivity index is 0.766. The second kappa shape index (κ2) is 18.1. The van der Waals surface area contributed by atoms with Crippen molar-refractivity contribution in [3.05, 3.63) is 87.9 Å². The lowest BCUT2D eigenvalue weighted by atomic mass is 9.49. The zero-order chi connectivity index (χ0) is 45.5. The van der Waals surface area contributed by atoms with E-state index in [1.54, 1.807) is 23.1 Å². The first kappa shape index (κ1) is 44.9. The molecule has 0 bridgehead atoms. The minimum Gasteiger partial charge on any atom is -0.489 e. The van der Waals surface area contributed by atoms with Gasteiger partial charge in [-0.1, -0.05) is 39.3 Å². The number of nitrogens with zero attached hydrogens (tertiary/aromatic N) is 6. The number of rotatable bonds is 13. The fourth-order valence-corrected chi connectivity index (χ4v) is 11.2. The molecule has 0 aromatic heterocycles. The van der Waals surface area contributed by atoms with E-state index in [-0.39, 0.29) is 59.1 Å². The summed E-state index contributed by atoms with van der Waals surface area (Å²) < 4.78 is 6.39. The van der Waals surface area contributed by atoms with Gasteiger partial charge in [-0.3, -0.25) is 34.2 Å². The highest BCUT2D eigenvalue weighted by molar-refractivity contribution is 6.31. The van der Waals surface area contributed by atoms with Crippen molar-refractivity contribution in [1.29, 1.82) is 5.26 Å². The first-order chi connectivity index (χ1) is 30.6. The number of anilines is 2. The molecule has 2 N–H and O–H groups in total. The normalized spacial score (nSPS) is 23.8. The van der Waals surface area contributed by atoms with Gasteiger partial charge in [0.1, 0.15) is 30.0 Å². The zero-order valence-electron chi connectivity index (χ0n) is 37.5. The molecule has 64 heavy (non-hydrogen) atoms. The lowest BCUT2D eigenvalue weighted by molar-refractivity contribution is -0.164. The van der Waals surface area contributed by atoms with Gasteiger partial charge in [-0.25, -0.2) is 0 Å². The maximum atomic E-state index is 13.8. The monoisotopic (exact) mass is 890 g/mol. The van der Waals surface area contributed by atoms with E-state index in [1.165, 1.54) is 0 Å². The zero-order valence-corrected chi connectivity index (χ0v) is 38.2. The van der Waals surface area contributed by atoms with Gasteiger partial charge in [0.2, 0.25) is 17.7 Å². The molecule has 4 aliphatic heterocycles. The van der Waals surface area contributed by atoms with E-state index in [2.05, 4.69) is 65.2 Å². The molecule has 1 aliphatic carbocycles. The maximum absolute atomic E-state index is 13.8. The summed E-state index contributed by atoms with van der Waals surface area (Å²) in [5, 5.41) is 15.2. The van der Waals surface area contributed by atoms with Crippen molar-refractivity contribution in [3.8, 4) is 11.8 Å². The van der Waals surface area contributed by atoms with Gasteiger partial charge in [0.25, 0.3) is 11.8 Å². The highest BCUT2D eigenvalue weighted by Gasteiger charge is 2.64. The molecule has 3 saturated heterocycles. The number of nitriles is 1. The predicted octanol–water partition coefficient (Wildman–Crippen LogP) is 5.61. The van der Waals surface area contributed by atoms with E-state index in [1.807, 2.05) is 48.3 Å². The summed E-state index contributed by atoms with van der Waals surface area (Å²) >= 11 is 6.26. The summed E-state index contributed by atoms with van der Waals surface area (Å²) in [4.78, 5) is 75.1. The van der Waals surface area contributed by atoms with Crippen LogP contribution in [0.2, 0.25) is 5.02 Å². The summed E-state index contributed by atoms with van der Waals surface area (Å²) in [6.45, 7) is 14.7. The van der Waals surface area contributed by atoms with Crippen LogP contribution in [0.1, 0.15) is 98.1 Å². The number of carbonyl (C=O) groups excluding carboxylic acids is 5. The van der Waals surface area contributed by atoms with Crippen LogP contribution in [0.4, 0.5) is 11.4 Å². The molecular formula is C49H59ClN8O6. The van der Waals surface area contributed by atoms with E-state index < -0.39 is 11.9 Å². The smallest absolute Gasteiger partial charge is 0.255 e. The SMILES string of the molecule is CN(CCCCN1CCN(c2ccc3c(c2)CN(C2CCC(=O)NC2=O)C3=O)CC1)C(=O)[C@@H]1CCCN1c1ccc(C(=O)NC2C(C)(C)C(Oc3ccc(C#N)c(Cl)c3)C2(C)C)cc1. The Kier molecular flexibility index (Phi) is 12.7. The minimum absolute atomic E-state index is 0.124. The van der Waals surface area contributed by atoms with Crippen molar-refractivity contribution in [3.63, 3.8) is 0 Å². The molecular weight excluding hydrogens is 832 g/mol. The van der Waals surface area contributed by atoms with Crippen molar-refractivity contribution in [1.82, 2.24) is 25.3 Å². The van der Waals surface area contributed by atoms with Crippen LogP contribution in [-0.2, 0) is 20.9 Å². The number of nitrogens with one attached hydrogen (secondary N) is 2. The van der Waals surface area contributed by atoms with Gasteiger partial charge >= 0.3 is 0 Å². The van der Waals surface area contributed by atoms with Crippen LogP contribution >= 0.6 is 11.6 Å². The van der Waals surface area contributed by atoms with E-state index in [0.717, 1.165) is 81.9 Å². The lowest BCUT2D eigenvalue weighted by Gasteiger charge is -2.63. The number of ether oxygens (including phenoxy) is 1. The number of amides is 5. The summed E-state index contributed by atoms with van der Waals surface area (Å²) in [6.07, 6.45) is 4.00. The summed E-state index contributed by atoms with van der Waals surface area (Å²) in [6, 6.07) is 19.6. The predicted molar refractivity (Wildman–Crippen MR) is 244 cm³/mol. The third kappa shape index (κ3) is 8.76. The number of halogens is 1. The summed E-state index contributed by atoms with van der Waals surface area (Å²) in [5.74, 6) is -0.294. The largest absolute Gasteiger partial charge is 0.489 e. The summed E-state index contributed by atoms with van der Waals surface area (Å²) in [7, 11) is 1.90. The number of piperidine rings is 1. The van der Waals surface area contributed by atoms with E-state index in [0.29, 0.717) is 47.0 Å². The van der Waals surface area contributed by atoms with Crippen LogP contribution in [0, 0.1) is 22.2 Å². The Morgan fingerprint density at radius 3 is 2.31 bits per heavy atom. The number of imide groups is 1. The molecule has 15 heteroatoms. The van der Waals surface area contributed by atoms with Gasteiger partial charge in [-0.15, -0.1) is 0 Å². The minimum atomic E-state index is -0.618.